The molecular formula is C34H24N8O14S2. The summed E-state index contributed by atoms with van der Waals surface area (Å²) < 4.78 is 8.98. The van der Waals surface area contributed by atoms with Gasteiger partial charge in [-0.15, -0.1) is 22.7 Å². The number of carbonyl (C=O) groups is 6. The van der Waals surface area contributed by atoms with Gasteiger partial charge in [-0.25, -0.2) is 29.1 Å². The summed E-state index contributed by atoms with van der Waals surface area (Å²) in [5.41, 5.74) is -3.51. The van der Waals surface area contributed by atoms with Crippen molar-refractivity contribution in [2.75, 3.05) is 24.9 Å². The molecule has 0 radical (unpaired) electrons. The Hall–Kier alpha value is -8.12. The monoisotopic (exact) mass is 832 g/mol. The third-order valence-electron chi connectivity index (χ3n) is 7.40. The third kappa shape index (κ3) is 8.72. The molecule has 0 spiro atoms. The van der Waals surface area contributed by atoms with Gasteiger partial charge in [0, 0.05) is 24.8 Å². The summed E-state index contributed by atoms with van der Waals surface area (Å²) in [6.07, 6.45) is 4.68. The minimum absolute atomic E-state index is 0.0910. The molecule has 0 saturated heterocycles. The van der Waals surface area contributed by atoms with Crippen LogP contribution in [-0.4, -0.2) is 100 Å². The molecule has 6 aromatic heterocycles. The van der Waals surface area contributed by atoms with Gasteiger partial charge in [-0.2, -0.15) is 0 Å². The maximum Gasteiger partial charge on any atom is 0.360 e. The average molecular weight is 833 g/mol. The standard InChI is InChI=1S/2C17H12N4O7S/c1-28-17(27)10-11(22)15(24)21-13(20-10)12-9(3-5-29-12)19-14(23)8-6-18-4-2-7(8)16(25)26;1-28-17(27)10-11(22)15(24)21-13(20-10)12-9(3-5-29-12)19-14(23)7-2-4-18-6-8(7)16(25)26/h2*2-6,22H,1H3,(H,19,23)(H,25,26)(H,20,21,24). The average Bonchev–Trinajstić information content (AvgIpc) is 3.89. The fourth-order valence-electron chi connectivity index (χ4n) is 4.71. The van der Waals surface area contributed by atoms with E-state index in [1.165, 1.54) is 36.7 Å². The van der Waals surface area contributed by atoms with Crippen molar-refractivity contribution in [1.29, 1.82) is 0 Å². The Morgan fingerprint density at radius 3 is 1.47 bits per heavy atom. The van der Waals surface area contributed by atoms with Crippen LogP contribution in [0.3, 0.4) is 0 Å². The number of carboxylic acid groups (broad SMARTS) is 2. The maximum absolute atomic E-state index is 12.6. The number of nitrogens with one attached hydrogen (secondary N) is 4. The van der Waals surface area contributed by atoms with Gasteiger partial charge in [-0.1, -0.05) is 0 Å². The quantitative estimate of drug-likeness (QED) is 0.0920. The molecule has 0 unspecified atom stereocenters. The summed E-state index contributed by atoms with van der Waals surface area (Å²) in [4.78, 5) is 115. The van der Waals surface area contributed by atoms with Gasteiger partial charge in [0.15, 0.2) is 23.0 Å². The topological polar surface area (TPSA) is 343 Å². The van der Waals surface area contributed by atoms with Gasteiger partial charge < -0.3 is 50.5 Å². The highest BCUT2D eigenvalue weighted by Gasteiger charge is 2.25. The lowest BCUT2D eigenvalue weighted by molar-refractivity contribution is 0.0580. The van der Waals surface area contributed by atoms with Crippen LogP contribution in [0.25, 0.3) is 21.4 Å². The first-order valence-corrected chi connectivity index (χ1v) is 17.4. The molecule has 6 heterocycles. The molecule has 0 fully saturated rings. The number of esters is 2. The maximum atomic E-state index is 12.6. The minimum Gasteiger partial charge on any atom is -0.501 e. The van der Waals surface area contributed by atoms with Gasteiger partial charge in [0.05, 0.1) is 57.6 Å². The summed E-state index contributed by atoms with van der Waals surface area (Å²) >= 11 is 2.16. The fraction of sp³-hybridized carbons (Fsp3) is 0.0588. The largest absolute Gasteiger partial charge is 0.501 e. The second-order valence-electron chi connectivity index (χ2n) is 10.9. The lowest BCUT2D eigenvalue weighted by Crippen LogP contribution is -2.18. The number of aromatic amines is 2. The Labute approximate surface area is 329 Å². The highest BCUT2D eigenvalue weighted by atomic mass is 32.1. The first-order chi connectivity index (χ1) is 27.7. The minimum atomic E-state index is -1.32. The molecule has 0 aliphatic rings. The highest BCUT2D eigenvalue weighted by Crippen LogP contribution is 2.33. The number of carbonyl (C=O) groups excluding carboxylic acids is 4. The summed E-state index contributed by atoms with van der Waals surface area (Å²) in [6.45, 7) is 0. The molecule has 0 bridgehead atoms. The van der Waals surface area contributed by atoms with Gasteiger partial charge in [0.2, 0.25) is 11.5 Å². The van der Waals surface area contributed by atoms with Crippen molar-refractivity contribution in [2.24, 2.45) is 0 Å². The Balaban J connectivity index is 0.000000221. The molecule has 24 heteroatoms. The van der Waals surface area contributed by atoms with Gasteiger partial charge in [-0.3, -0.25) is 29.1 Å². The molecule has 0 aliphatic heterocycles. The van der Waals surface area contributed by atoms with Crippen molar-refractivity contribution in [3.05, 3.63) is 114 Å². The Kier molecular flexibility index (Phi) is 12.4. The molecule has 0 saturated carbocycles. The number of nitrogens with zero attached hydrogens (tertiary/aromatic N) is 4. The van der Waals surface area contributed by atoms with Gasteiger partial charge in [0.1, 0.15) is 0 Å². The summed E-state index contributed by atoms with van der Waals surface area (Å²) in [5.74, 6) is -8.09. The van der Waals surface area contributed by atoms with E-state index in [9.17, 15) is 58.8 Å². The van der Waals surface area contributed by atoms with Crippen LogP contribution in [0.1, 0.15) is 62.4 Å². The molecule has 0 aliphatic carbocycles. The molecule has 2 amide bonds. The number of rotatable bonds is 10. The smallest absolute Gasteiger partial charge is 0.360 e. The van der Waals surface area contributed by atoms with Crippen molar-refractivity contribution in [3.63, 3.8) is 0 Å². The molecule has 0 atom stereocenters. The van der Waals surface area contributed by atoms with E-state index in [4.69, 9.17) is 0 Å². The lowest BCUT2D eigenvalue weighted by atomic mass is 10.1. The van der Waals surface area contributed by atoms with Gasteiger partial charge >= 0.3 is 23.9 Å². The molecule has 22 nitrogen and oxygen atoms in total. The second-order valence-corrected chi connectivity index (χ2v) is 12.7. The van der Waals surface area contributed by atoms with E-state index in [1.54, 1.807) is 10.8 Å². The number of carboxylic acids is 2. The number of hydrogen-bond acceptors (Lipinski definition) is 18. The molecule has 8 N–H and O–H groups in total. The molecule has 6 aromatic rings. The number of hydrogen-bond donors (Lipinski definition) is 8. The fourth-order valence-corrected chi connectivity index (χ4v) is 6.30. The van der Waals surface area contributed by atoms with Gasteiger partial charge in [0.25, 0.3) is 22.9 Å². The molecule has 58 heavy (non-hydrogen) atoms. The van der Waals surface area contributed by atoms with E-state index in [2.05, 4.69) is 50.0 Å². The highest BCUT2D eigenvalue weighted by molar-refractivity contribution is 7.14. The predicted molar refractivity (Wildman–Crippen MR) is 201 cm³/mol. The van der Waals surface area contributed by atoms with Crippen LogP contribution in [-0.2, 0) is 9.47 Å². The van der Waals surface area contributed by atoms with Crippen molar-refractivity contribution in [3.8, 4) is 32.9 Å². The van der Waals surface area contributed by atoms with E-state index in [0.717, 1.165) is 49.3 Å². The molecule has 296 valence electrons. The predicted octanol–water partition coefficient (Wildman–Crippen LogP) is 2.67. The Morgan fingerprint density at radius 2 is 1.03 bits per heavy atom. The van der Waals surface area contributed by atoms with Crippen molar-refractivity contribution >= 4 is 69.7 Å². The molecule has 0 aromatic carbocycles. The zero-order chi connectivity index (χ0) is 42.3. The van der Waals surface area contributed by atoms with Crippen molar-refractivity contribution in [2.45, 2.75) is 0 Å². The van der Waals surface area contributed by atoms with Crippen LogP contribution >= 0.6 is 22.7 Å². The number of ether oxygens (including phenoxy) is 2. The summed E-state index contributed by atoms with van der Waals surface area (Å²) in [6, 6.07) is 5.44. The lowest BCUT2D eigenvalue weighted by Gasteiger charge is -2.09. The molecular weight excluding hydrogens is 809 g/mol. The zero-order valence-electron chi connectivity index (χ0n) is 29.3. The Bertz CT molecular complexity index is 2550. The number of amides is 2. The van der Waals surface area contributed by atoms with Crippen molar-refractivity contribution < 1.29 is 58.7 Å². The SMILES string of the molecule is COC(=O)c1nc(-c2sccc2NC(=O)c2ccncc2C(=O)O)[nH]c(=O)c1O.COC(=O)c1nc(-c2sccc2NC(=O)c2cnccc2C(=O)O)[nH]c(=O)c1O. The summed E-state index contributed by atoms with van der Waals surface area (Å²) in [7, 11) is 2.13. The van der Waals surface area contributed by atoms with E-state index >= 15 is 0 Å². The number of pyridine rings is 2. The number of aromatic hydroxyl groups is 2. The normalized spacial score (nSPS) is 10.4. The van der Waals surface area contributed by atoms with E-state index in [1.807, 2.05) is 0 Å². The van der Waals surface area contributed by atoms with E-state index in [0.29, 0.717) is 0 Å². The second kappa shape index (κ2) is 17.6. The number of H-pyrrole nitrogens is 2. The van der Waals surface area contributed by atoms with Crippen LogP contribution in [0, 0.1) is 0 Å². The number of thiophene rings is 2. The first kappa shape index (κ1) is 41.1. The number of methoxy groups -OCH3 is 2. The van der Waals surface area contributed by atoms with Crippen LogP contribution in [0.2, 0.25) is 0 Å². The zero-order valence-corrected chi connectivity index (χ0v) is 30.9. The van der Waals surface area contributed by atoms with Gasteiger partial charge in [-0.05, 0) is 35.0 Å². The van der Waals surface area contributed by atoms with Crippen LogP contribution in [0.4, 0.5) is 11.4 Å². The number of aromatic nitrogens is 6. The van der Waals surface area contributed by atoms with Crippen LogP contribution < -0.4 is 21.8 Å². The van der Waals surface area contributed by atoms with Crippen LogP contribution in [0.5, 0.6) is 11.5 Å². The summed E-state index contributed by atoms with van der Waals surface area (Å²) in [5, 5.41) is 46.1. The third-order valence-corrected chi connectivity index (χ3v) is 9.24. The van der Waals surface area contributed by atoms with E-state index < -0.39 is 69.7 Å². The first-order valence-electron chi connectivity index (χ1n) is 15.6. The number of aromatic carboxylic acids is 2. The molecule has 6 rings (SSSR count). The van der Waals surface area contributed by atoms with Crippen LogP contribution in [0.15, 0.2) is 69.4 Å². The number of anilines is 2. The van der Waals surface area contributed by atoms with E-state index in [-0.39, 0.29) is 55.0 Å². The Morgan fingerprint density at radius 1 is 0.621 bits per heavy atom. The van der Waals surface area contributed by atoms with Crippen molar-refractivity contribution in [1.82, 2.24) is 29.9 Å².